The largest absolute Gasteiger partial charge is 0.480 e. The third-order valence-corrected chi connectivity index (χ3v) is 5.83. The number of aliphatic carboxylic acids is 1. The summed E-state index contributed by atoms with van der Waals surface area (Å²) >= 11 is 0. The van der Waals surface area contributed by atoms with Gasteiger partial charge in [0.15, 0.2) is 0 Å². The Morgan fingerprint density at radius 1 is 0.967 bits per heavy atom. The van der Waals surface area contributed by atoms with E-state index in [9.17, 15) is 19.5 Å². The number of benzene rings is 2. The average Bonchev–Trinajstić information content (AvgIpc) is 3.11. The summed E-state index contributed by atoms with van der Waals surface area (Å²) in [6.07, 6.45) is -0.556. The number of hydrogen-bond acceptors (Lipinski definition) is 4. The molecule has 2 aliphatic rings. The van der Waals surface area contributed by atoms with Crippen LogP contribution >= 0.6 is 0 Å². The van der Waals surface area contributed by atoms with Gasteiger partial charge in [-0.15, -0.1) is 0 Å². The number of amides is 2. The maximum absolute atomic E-state index is 13.3. The molecule has 2 aliphatic heterocycles. The number of rotatable bonds is 6. The van der Waals surface area contributed by atoms with Gasteiger partial charge < -0.3 is 14.7 Å². The molecule has 0 spiro atoms. The van der Waals surface area contributed by atoms with E-state index in [1.54, 1.807) is 13.8 Å². The lowest BCUT2D eigenvalue weighted by molar-refractivity contribution is -0.174. The molecular formula is C23H24N2O5. The third-order valence-electron chi connectivity index (χ3n) is 5.83. The van der Waals surface area contributed by atoms with Crippen molar-refractivity contribution in [1.29, 1.82) is 0 Å². The predicted molar refractivity (Wildman–Crippen MR) is 108 cm³/mol. The zero-order chi connectivity index (χ0) is 21.4. The van der Waals surface area contributed by atoms with Crippen molar-refractivity contribution in [2.45, 2.75) is 38.0 Å². The molecule has 0 saturated carbocycles. The quantitative estimate of drug-likeness (QED) is 0.742. The highest BCUT2D eigenvalue weighted by atomic mass is 16.6. The van der Waals surface area contributed by atoms with Crippen LogP contribution in [0.3, 0.4) is 0 Å². The maximum Gasteiger partial charge on any atom is 0.411 e. The highest BCUT2D eigenvalue weighted by Crippen LogP contribution is 2.45. The van der Waals surface area contributed by atoms with Crippen LogP contribution in [0.4, 0.5) is 4.79 Å². The van der Waals surface area contributed by atoms with E-state index in [1.165, 1.54) is 9.80 Å². The fraction of sp³-hybridized carbons (Fsp3) is 0.348. The molecule has 2 amide bonds. The Labute approximate surface area is 174 Å². The molecular weight excluding hydrogens is 384 g/mol. The first kappa shape index (κ1) is 19.9. The van der Waals surface area contributed by atoms with Crippen molar-refractivity contribution in [1.82, 2.24) is 9.80 Å². The minimum absolute atomic E-state index is 0.153. The molecule has 0 bridgehead atoms. The van der Waals surface area contributed by atoms with Gasteiger partial charge in [0.1, 0.15) is 18.7 Å². The van der Waals surface area contributed by atoms with Gasteiger partial charge in [-0.25, -0.2) is 9.59 Å². The minimum Gasteiger partial charge on any atom is -0.480 e. The summed E-state index contributed by atoms with van der Waals surface area (Å²) in [6, 6.07) is 15.9. The van der Waals surface area contributed by atoms with Gasteiger partial charge >= 0.3 is 12.1 Å². The van der Waals surface area contributed by atoms with Crippen LogP contribution in [0.15, 0.2) is 60.7 Å². The van der Waals surface area contributed by atoms with E-state index >= 15 is 0 Å². The second-order valence-corrected chi connectivity index (χ2v) is 7.98. The minimum atomic E-state index is -1.05. The molecule has 2 saturated heterocycles. The molecule has 2 fully saturated rings. The third kappa shape index (κ3) is 3.20. The number of nitrogens with zero attached hydrogens (tertiary/aromatic N) is 2. The summed E-state index contributed by atoms with van der Waals surface area (Å²) < 4.78 is 5.31. The first-order valence-electron chi connectivity index (χ1n) is 10.0. The van der Waals surface area contributed by atoms with Gasteiger partial charge in [-0.1, -0.05) is 74.5 Å². The first-order chi connectivity index (χ1) is 14.4. The zero-order valence-corrected chi connectivity index (χ0v) is 16.8. The molecule has 7 heteroatoms. The highest BCUT2D eigenvalue weighted by molar-refractivity contribution is 5.96. The van der Waals surface area contributed by atoms with Crippen LogP contribution < -0.4 is 0 Å². The number of carbonyl (C=O) groups is 3. The molecule has 0 aliphatic carbocycles. The van der Waals surface area contributed by atoms with Crippen LogP contribution in [-0.4, -0.2) is 51.6 Å². The Hall–Kier alpha value is -3.35. The van der Waals surface area contributed by atoms with Crippen LogP contribution in [0.1, 0.15) is 37.1 Å². The Morgan fingerprint density at radius 2 is 1.53 bits per heavy atom. The van der Waals surface area contributed by atoms with Crippen molar-refractivity contribution in [2.75, 3.05) is 6.61 Å². The summed E-state index contributed by atoms with van der Waals surface area (Å²) in [5.41, 5.74) is 1.67. The lowest BCUT2D eigenvalue weighted by Gasteiger charge is -2.53. The number of hydrogen-bond donors (Lipinski definition) is 1. The first-order valence-corrected chi connectivity index (χ1v) is 10.0. The van der Waals surface area contributed by atoms with E-state index in [-0.39, 0.29) is 18.4 Å². The van der Waals surface area contributed by atoms with Crippen LogP contribution in [0.5, 0.6) is 0 Å². The van der Waals surface area contributed by atoms with Gasteiger partial charge in [-0.2, -0.15) is 0 Å². The maximum atomic E-state index is 13.3. The van der Waals surface area contributed by atoms with E-state index in [0.717, 1.165) is 11.1 Å². The standard InChI is InChI=1S/C23H24N2O5/c1-14(2)18(22(27)28)25-19(16-11-7-4-8-12-16)20(21(25)26)24-17(13-30-23(24)29)15-9-5-3-6-10-15/h3-12,14,17-20H,13H2,1-2H3,(H,27,28)/t17-,18+,19+,20-/m1/s1. The van der Waals surface area contributed by atoms with Crippen LogP contribution in [0.2, 0.25) is 0 Å². The van der Waals surface area contributed by atoms with Crippen LogP contribution in [-0.2, 0) is 14.3 Å². The van der Waals surface area contributed by atoms with Gasteiger partial charge in [0.2, 0.25) is 5.91 Å². The summed E-state index contributed by atoms with van der Waals surface area (Å²) in [5, 5.41) is 9.80. The smallest absolute Gasteiger partial charge is 0.411 e. The molecule has 7 nitrogen and oxygen atoms in total. The van der Waals surface area contributed by atoms with Crippen molar-refractivity contribution in [3.8, 4) is 0 Å². The Balaban J connectivity index is 1.75. The predicted octanol–water partition coefficient (Wildman–Crippen LogP) is 3.24. The molecule has 4 atom stereocenters. The number of cyclic esters (lactones) is 1. The average molecular weight is 408 g/mol. The molecule has 2 aromatic rings. The Kier molecular flexibility index (Phi) is 5.20. The second-order valence-electron chi connectivity index (χ2n) is 7.98. The Morgan fingerprint density at radius 3 is 2.07 bits per heavy atom. The van der Waals surface area contributed by atoms with Crippen LogP contribution in [0, 0.1) is 5.92 Å². The lowest BCUT2D eigenvalue weighted by Crippen LogP contribution is -2.70. The summed E-state index contributed by atoms with van der Waals surface area (Å²) in [7, 11) is 0. The van der Waals surface area contributed by atoms with Gasteiger partial charge in [-0.3, -0.25) is 9.69 Å². The molecule has 2 heterocycles. The fourth-order valence-corrected chi connectivity index (χ4v) is 4.47. The monoisotopic (exact) mass is 408 g/mol. The number of ether oxygens (including phenoxy) is 1. The van der Waals surface area contributed by atoms with Crippen molar-refractivity contribution in [3.63, 3.8) is 0 Å². The summed E-state index contributed by atoms with van der Waals surface area (Å²) in [6.45, 7) is 3.71. The van der Waals surface area contributed by atoms with Gasteiger partial charge in [-0.05, 0) is 17.0 Å². The summed E-state index contributed by atoms with van der Waals surface area (Å²) in [5.74, 6) is -1.71. The highest BCUT2D eigenvalue weighted by Gasteiger charge is 2.59. The van der Waals surface area contributed by atoms with Crippen LogP contribution in [0.25, 0.3) is 0 Å². The van der Waals surface area contributed by atoms with Gasteiger partial charge in [0.05, 0.1) is 12.1 Å². The normalized spacial score (nSPS) is 24.6. The van der Waals surface area contributed by atoms with E-state index in [2.05, 4.69) is 0 Å². The molecule has 2 aromatic carbocycles. The fourth-order valence-electron chi connectivity index (χ4n) is 4.47. The molecule has 156 valence electrons. The topological polar surface area (TPSA) is 87.2 Å². The van der Waals surface area contributed by atoms with Gasteiger partial charge in [0, 0.05) is 0 Å². The number of carboxylic acids is 1. The number of β-lactam (4-membered cyclic amide) rings is 1. The zero-order valence-electron chi connectivity index (χ0n) is 16.8. The lowest BCUT2D eigenvalue weighted by atomic mass is 9.82. The molecule has 4 rings (SSSR count). The number of carbonyl (C=O) groups excluding carboxylic acids is 2. The van der Waals surface area contributed by atoms with E-state index in [0.29, 0.717) is 0 Å². The van der Waals surface area contributed by atoms with E-state index < -0.39 is 36.2 Å². The molecule has 0 unspecified atom stereocenters. The number of carboxylic acid groups (broad SMARTS) is 1. The van der Waals surface area contributed by atoms with Crippen molar-refractivity contribution in [3.05, 3.63) is 71.8 Å². The van der Waals surface area contributed by atoms with Crippen molar-refractivity contribution < 1.29 is 24.2 Å². The summed E-state index contributed by atoms with van der Waals surface area (Å²) in [4.78, 5) is 40.9. The molecule has 30 heavy (non-hydrogen) atoms. The SMILES string of the molecule is CC(C)[C@@H](C(=O)O)N1C(=O)[C@H](N2C(=O)OC[C@@H]2c2ccccc2)[C@@H]1c1ccccc1. The van der Waals surface area contributed by atoms with Crippen molar-refractivity contribution >= 4 is 18.0 Å². The van der Waals surface area contributed by atoms with Gasteiger partial charge in [0.25, 0.3) is 0 Å². The Bertz CT molecular complexity index is 947. The van der Waals surface area contributed by atoms with Crippen molar-refractivity contribution in [2.24, 2.45) is 5.92 Å². The number of likely N-dealkylation sites (tertiary alicyclic amines) is 1. The molecule has 0 aromatic heterocycles. The van der Waals surface area contributed by atoms with E-state index in [1.807, 2.05) is 60.7 Å². The molecule has 1 N–H and O–H groups in total. The molecule has 0 radical (unpaired) electrons. The van der Waals surface area contributed by atoms with E-state index in [4.69, 9.17) is 4.74 Å². The second kappa shape index (κ2) is 7.82.